The van der Waals surface area contributed by atoms with Crippen molar-refractivity contribution in [1.29, 1.82) is 0 Å². The second-order valence-corrected chi connectivity index (χ2v) is 3.34. The first-order valence-electron chi connectivity index (χ1n) is 4.59. The Hall–Kier alpha value is -0.540. The molecule has 3 nitrogen and oxygen atoms in total. The molecule has 74 valence electrons. The molecule has 1 aromatic heterocycles. The van der Waals surface area contributed by atoms with Crippen LogP contribution in [0.4, 0.5) is 0 Å². The van der Waals surface area contributed by atoms with Gasteiger partial charge < -0.3 is 9.88 Å². The van der Waals surface area contributed by atoms with Gasteiger partial charge in [-0.15, -0.1) is 11.6 Å². The van der Waals surface area contributed by atoms with Crippen molar-refractivity contribution >= 4 is 11.6 Å². The van der Waals surface area contributed by atoms with E-state index in [2.05, 4.69) is 14.9 Å². The van der Waals surface area contributed by atoms with E-state index in [0.717, 1.165) is 37.8 Å². The Balaban J connectivity index is 2.10. The van der Waals surface area contributed by atoms with Gasteiger partial charge in [0.1, 0.15) is 5.82 Å². The molecule has 0 fully saturated rings. The van der Waals surface area contributed by atoms with E-state index in [4.69, 9.17) is 11.6 Å². The van der Waals surface area contributed by atoms with Gasteiger partial charge in [0.2, 0.25) is 0 Å². The minimum Gasteiger partial charge on any atom is -0.334 e. The highest BCUT2D eigenvalue weighted by Gasteiger charge is 1.94. The standard InChI is InChI=1S/C9H16ClN3/c1-9-12-6-8-13(9)7-5-11-4-2-3-10/h6,8,11H,2-5,7H2,1H3. The Morgan fingerprint density at radius 1 is 1.54 bits per heavy atom. The molecule has 0 unspecified atom stereocenters. The van der Waals surface area contributed by atoms with Crippen LogP contribution in [0.5, 0.6) is 0 Å². The monoisotopic (exact) mass is 201 g/mol. The number of halogens is 1. The minimum atomic E-state index is 0.733. The molecule has 0 bridgehead atoms. The highest BCUT2D eigenvalue weighted by atomic mass is 35.5. The molecule has 0 aliphatic heterocycles. The van der Waals surface area contributed by atoms with E-state index in [1.807, 2.05) is 19.3 Å². The lowest BCUT2D eigenvalue weighted by Crippen LogP contribution is -2.21. The van der Waals surface area contributed by atoms with Crippen molar-refractivity contribution in [3.63, 3.8) is 0 Å². The summed E-state index contributed by atoms with van der Waals surface area (Å²) < 4.78 is 2.13. The van der Waals surface area contributed by atoms with Crippen LogP contribution in [0.25, 0.3) is 0 Å². The number of hydrogen-bond donors (Lipinski definition) is 1. The zero-order valence-electron chi connectivity index (χ0n) is 7.96. The molecule has 0 aliphatic rings. The summed E-state index contributed by atoms with van der Waals surface area (Å²) in [4.78, 5) is 4.15. The third kappa shape index (κ3) is 3.79. The third-order valence-electron chi connectivity index (χ3n) is 1.94. The van der Waals surface area contributed by atoms with E-state index in [9.17, 15) is 0 Å². The molecule has 1 rings (SSSR count). The van der Waals surface area contributed by atoms with E-state index in [1.54, 1.807) is 0 Å². The fourth-order valence-electron chi connectivity index (χ4n) is 1.16. The maximum atomic E-state index is 5.55. The summed E-state index contributed by atoms with van der Waals surface area (Å²) in [6, 6.07) is 0. The first-order chi connectivity index (χ1) is 6.34. The zero-order valence-corrected chi connectivity index (χ0v) is 8.72. The molecule has 1 heterocycles. The lowest BCUT2D eigenvalue weighted by Gasteiger charge is -2.05. The Labute approximate surface area is 84.1 Å². The summed E-state index contributed by atoms with van der Waals surface area (Å²) in [5.41, 5.74) is 0. The first-order valence-corrected chi connectivity index (χ1v) is 5.12. The smallest absolute Gasteiger partial charge is 0.105 e. The molecular formula is C9H16ClN3. The van der Waals surface area contributed by atoms with Crippen LogP contribution in [0, 0.1) is 6.92 Å². The Morgan fingerprint density at radius 2 is 2.38 bits per heavy atom. The van der Waals surface area contributed by atoms with Gasteiger partial charge in [0.05, 0.1) is 0 Å². The Kier molecular flexibility index (Phi) is 4.86. The number of aryl methyl sites for hydroxylation is 1. The number of imidazole rings is 1. The van der Waals surface area contributed by atoms with Gasteiger partial charge in [0.25, 0.3) is 0 Å². The predicted molar refractivity (Wildman–Crippen MR) is 55.2 cm³/mol. The summed E-state index contributed by atoms with van der Waals surface area (Å²) in [6.45, 7) is 4.97. The molecule has 13 heavy (non-hydrogen) atoms. The summed E-state index contributed by atoms with van der Waals surface area (Å²) in [5.74, 6) is 1.80. The van der Waals surface area contributed by atoms with Crippen molar-refractivity contribution in [2.24, 2.45) is 0 Å². The van der Waals surface area contributed by atoms with Crippen molar-refractivity contribution in [2.45, 2.75) is 19.9 Å². The van der Waals surface area contributed by atoms with Crippen molar-refractivity contribution < 1.29 is 0 Å². The maximum absolute atomic E-state index is 5.55. The fraction of sp³-hybridized carbons (Fsp3) is 0.667. The molecule has 0 amide bonds. The highest BCUT2D eigenvalue weighted by molar-refractivity contribution is 6.17. The van der Waals surface area contributed by atoms with Gasteiger partial charge in [-0.25, -0.2) is 4.98 Å². The van der Waals surface area contributed by atoms with Crippen LogP contribution in [0.15, 0.2) is 12.4 Å². The van der Waals surface area contributed by atoms with Gasteiger partial charge in [-0.1, -0.05) is 0 Å². The van der Waals surface area contributed by atoms with Crippen LogP contribution in [-0.4, -0.2) is 28.5 Å². The molecule has 0 aliphatic carbocycles. The summed E-state index contributed by atoms with van der Waals surface area (Å²) in [5, 5.41) is 3.32. The van der Waals surface area contributed by atoms with Crippen LogP contribution in [0.3, 0.4) is 0 Å². The molecule has 4 heteroatoms. The molecule has 0 spiro atoms. The Bertz CT molecular complexity index is 235. The van der Waals surface area contributed by atoms with E-state index in [1.165, 1.54) is 0 Å². The molecule has 1 N–H and O–H groups in total. The van der Waals surface area contributed by atoms with Gasteiger partial charge in [-0.2, -0.15) is 0 Å². The lowest BCUT2D eigenvalue weighted by molar-refractivity contribution is 0.585. The summed E-state index contributed by atoms with van der Waals surface area (Å²) >= 11 is 5.55. The second-order valence-electron chi connectivity index (χ2n) is 2.96. The SMILES string of the molecule is Cc1nccn1CCNCCCCl. The quantitative estimate of drug-likeness (QED) is 0.557. The van der Waals surface area contributed by atoms with Crippen molar-refractivity contribution in [3.05, 3.63) is 18.2 Å². The summed E-state index contributed by atoms with van der Waals surface area (Å²) in [7, 11) is 0. The third-order valence-corrected chi connectivity index (χ3v) is 2.21. The Morgan fingerprint density at radius 3 is 3.00 bits per heavy atom. The van der Waals surface area contributed by atoms with Gasteiger partial charge in [0.15, 0.2) is 0 Å². The van der Waals surface area contributed by atoms with Crippen LogP contribution in [0.2, 0.25) is 0 Å². The fourth-order valence-corrected chi connectivity index (χ4v) is 1.29. The van der Waals surface area contributed by atoms with Crippen molar-refractivity contribution in [3.8, 4) is 0 Å². The number of aromatic nitrogens is 2. The highest BCUT2D eigenvalue weighted by Crippen LogP contribution is 1.93. The maximum Gasteiger partial charge on any atom is 0.105 e. The van der Waals surface area contributed by atoms with Crippen LogP contribution in [0.1, 0.15) is 12.2 Å². The van der Waals surface area contributed by atoms with E-state index in [0.29, 0.717) is 0 Å². The number of alkyl halides is 1. The molecule has 0 saturated carbocycles. The van der Waals surface area contributed by atoms with Crippen LogP contribution < -0.4 is 5.32 Å². The van der Waals surface area contributed by atoms with Gasteiger partial charge >= 0.3 is 0 Å². The molecule has 0 radical (unpaired) electrons. The van der Waals surface area contributed by atoms with Gasteiger partial charge in [0, 0.05) is 31.4 Å². The normalized spacial score (nSPS) is 10.6. The number of hydrogen-bond acceptors (Lipinski definition) is 2. The van der Waals surface area contributed by atoms with Crippen LogP contribution >= 0.6 is 11.6 Å². The molecule has 0 saturated heterocycles. The molecule has 0 atom stereocenters. The zero-order chi connectivity index (χ0) is 9.52. The lowest BCUT2D eigenvalue weighted by atomic mass is 10.4. The predicted octanol–water partition coefficient (Wildman–Crippen LogP) is 1.41. The second kappa shape index (κ2) is 6.00. The molecule has 0 aromatic carbocycles. The van der Waals surface area contributed by atoms with E-state index in [-0.39, 0.29) is 0 Å². The average Bonchev–Trinajstić information content (AvgIpc) is 2.52. The van der Waals surface area contributed by atoms with E-state index < -0.39 is 0 Å². The number of nitrogens with one attached hydrogen (secondary N) is 1. The van der Waals surface area contributed by atoms with Crippen molar-refractivity contribution in [2.75, 3.05) is 19.0 Å². The van der Waals surface area contributed by atoms with Gasteiger partial charge in [-0.3, -0.25) is 0 Å². The van der Waals surface area contributed by atoms with Gasteiger partial charge in [-0.05, 0) is 19.9 Å². The number of nitrogens with zero attached hydrogens (tertiary/aromatic N) is 2. The first kappa shape index (κ1) is 10.5. The molecule has 1 aromatic rings. The van der Waals surface area contributed by atoms with Crippen molar-refractivity contribution in [1.82, 2.24) is 14.9 Å². The number of rotatable bonds is 6. The topological polar surface area (TPSA) is 29.9 Å². The average molecular weight is 202 g/mol. The molecular weight excluding hydrogens is 186 g/mol. The largest absolute Gasteiger partial charge is 0.334 e. The van der Waals surface area contributed by atoms with E-state index >= 15 is 0 Å². The summed E-state index contributed by atoms with van der Waals surface area (Å²) in [6.07, 6.45) is 4.86. The van der Waals surface area contributed by atoms with Crippen LogP contribution in [-0.2, 0) is 6.54 Å². The minimum absolute atomic E-state index is 0.733.